The highest BCUT2D eigenvalue weighted by Gasteiger charge is 2.07. The monoisotopic (exact) mass is 244 g/mol. The summed E-state index contributed by atoms with van der Waals surface area (Å²) in [5.74, 6) is 0.549. The molecule has 1 aromatic carbocycles. The Morgan fingerprint density at radius 3 is 2.33 bits per heavy atom. The standard InChI is InChI=1S/C12H14Cl2O/c1-3-4-5-6-9-7-10(13)12(15-2)11(14)8-9/h3-4,7-8H,5-6H2,1-2H3/b4-3-. The van der Waals surface area contributed by atoms with Crippen LogP contribution < -0.4 is 4.74 Å². The second kappa shape index (κ2) is 6.04. The molecule has 0 aromatic heterocycles. The van der Waals surface area contributed by atoms with E-state index in [4.69, 9.17) is 27.9 Å². The van der Waals surface area contributed by atoms with Crippen molar-refractivity contribution in [3.8, 4) is 5.75 Å². The highest BCUT2D eigenvalue weighted by molar-refractivity contribution is 6.37. The lowest BCUT2D eigenvalue weighted by atomic mass is 10.1. The first-order valence-corrected chi connectivity index (χ1v) is 5.57. The second-order valence-corrected chi connectivity index (χ2v) is 4.01. The zero-order valence-corrected chi connectivity index (χ0v) is 10.4. The number of methoxy groups -OCH3 is 1. The van der Waals surface area contributed by atoms with E-state index in [-0.39, 0.29) is 0 Å². The van der Waals surface area contributed by atoms with Gasteiger partial charge < -0.3 is 4.74 Å². The zero-order valence-electron chi connectivity index (χ0n) is 8.89. The molecule has 0 amide bonds. The van der Waals surface area contributed by atoms with Gasteiger partial charge >= 0.3 is 0 Å². The molecule has 0 radical (unpaired) electrons. The zero-order chi connectivity index (χ0) is 11.3. The maximum Gasteiger partial charge on any atom is 0.156 e. The Bertz CT molecular complexity index is 336. The van der Waals surface area contributed by atoms with E-state index in [1.165, 1.54) is 0 Å². The minimum Gasteiger partial charge on any atom is -0.494 e. The fraction of sp³-hybridized carbons (Fsp3) is 0.333. The van der Waals surface area contributed by atoms with Gasteiger partial charge in [0.1, 0.15) is 0 Å². The molecule has 0 bridgehead atoms. The molecule has 0 aliphatic heterocycles. The Kier molecular flexibility index (Phi) is 5.00. The highest BCUT2D eigenvalue weighted by Crippen LogP contribution is 2.34. The minimum atomic E-state index is 0.549. The molecular formula is C12H14Cl2O. The van der Waals surface area contributed by atoms with Crippen LogP contribution in [0.2, 0.25) is 10.0 Å². The van der Waals surface area contributed by atoms with Gasteiger partial charge in [-0.2, -0.15) is 0 Å². The quantitative estimate of drug-likeness (QED) is 0.709. The molecule has 15 heavy (non-hydrogen) atoms. The highest BCUT2D eigenvalue weighted by atomic mass is 35.5. The molecule has 0 atom stereocenters. The van der Waals surface area contributed by atoms with E-state index in [9.17, 15) is 0 Å². The van der Waals surface area contributed by atoms with Gasteiger partial charge in [0.15, 0.2) is 5.75 Å². The van der Waals surface area contributed by atoms with Crippen LogP contribution in [0, 0.1) is 0 Å². The van der Waals surface area contributed by atoms with Gasteiger partial charge in [0.25, 0.3) is 0 Å². The third kappa shape index (κ3) is 3.44. The average Bonchev–Trinajstić information content (AvgIpc) is 2.18. The predicted octanol–water partition coefficient (Wildman–Crippen LogP) is 4.51. The van der Waals surface area contributed by atoms with Crippen molar-refractivity contribution < 1.29 is 4.74 Å². The average molecular weight is 245 g/mol. The van der Waals surface area contributed by atoms with E-state index < -0.39 is 0 Å². The first-order chi connectivity index (χ1) is 7.19. The Balaban J connectivity index is 2.83. The van der Waals surface area contributed by atoms with Crippen molar-refractivity contribution in [1.29, 1.82) is 0 Å². The lowest BCUT2D eigenvalue weighted by molar-refractivity contribution is 0.415. The fourth-order valence-corrected chi connectivity index (χ4v) is 2.05. The van der Waals surface area contributed by atoms with Crippen LogP contribution in [0.5, 0.6) is 5.75 Å². The van der Waals surface area contributed by atoms with Crippen molar-refractivity contribution >= 4 is 23.2 Å². The van der Waals surface area contributed by atoms with Crippen LogP contribution in [0.15, 0.2) is 24.3 Å². The summed E-state index contributed by atoms with van der Waals surface area (Å²) in [4.78, 5) is 0. The van der Waals surface area contributed by atoms with Crippen molar-refractivity contribution in [3.05, 3.63) is 39.9 Å². The summed E-state index contributed by atoms with van der Waals surface area (Å²) in [6, 6.07) is 3.80. The lowest BCUT2D eigenvalue weighted by Gasteiger charge is -2.07. The van der Waals surface area contributed by atoms with Crippen LogP contribution in [0.3, 0.4) is 0 Å². The van der Waals surface area contributed by atoms with Crippen LogP contribution in [-0.4, -0.2) is 7.11 Å². The third-order valence-electron chi connectivity index (χ3n) is 2.10. The van der Waals surface area contributed by atoms with E-state index in [0.717, 1.165) is 18.4 Å². The predicted molar refractivity (Wildman–Crippen MR) is 66.1 cm³/mol. The molecule has 0 heterocycles. The fourth-order valence-electron chi connectivity index (χ4n) is 1.37. The number of allylic oxidation sites excluding steroid dienone is 2. The van der Waals surface area contributed by atoms with Gasteiger partial charge in [0, 0.05) is 0 Å². The minimum absolute atomic E-state index is 0.549. The summed E-state index contributed by atoms with van der Waals surface area (Å²) >= 11 is 12.0. The molecule has 0 saturated carbocycles. The molecule has 1 rings (SSSR count). The first kappa shape index (κ1) is 12.4. The Labute approximate surface area is 101 Å². The molecule has 0 fully saturated rings. The maximum absolute atomic E-state index is 6.02. The lowest BCUT2D eigenvalue weighted by Crippen LogP contribution is -1.89. The molecule has 0 unspecified atom stereocenters. The molecule has 82 valence electrons. The van der Waals surface area contributed by atoms with Crippen LogP contribution in [-0.2, 0) is 6.42 Å². The van der Waals surface area contributed by atoms with Crippen molar-refractivity contribution in [2.45, 2.75) is 19.8 Å². The van der Waals surface area contributed by atoms with Gasteiger partial charge in [0.2, 0.25) is 0 Å². The number of hydrogen-bond donors (Lipinski definition) is 0. The largest absolute Gasteiger partial charge is 0.494 e. The van der Waals surface area contributed by atoms with Crippen molar-refractivity contribution in [3.63, 3.8) is 0 Å². The topological polar surface area (TPSA) is 9.23 Å². The number of rotatable bonds is 4. The number of ether oxygens (including phenoxy) is 1. The molecule has 1 nitrogen and oxygen atoms in total. The van der Waals surface area contributed by atoms with Crippen molar-refractivity contribution in [2.24, 2.45) is 0 Å². The summed E-state index contributed by atoms with van der Waals surface area (Å²) in [6.07, 6.45) is 6.09. The third-order valence-corrected chi connectivity index (χ3v) is 2.66. The normalized spacial score (nSPS) is 10.9. The van der Waals surface area contributed by atoms with Crippen LogP contribution in [0.1, 0.15) is 18.9 Å². The Hall–Kier alpha value is -0.660. The van der Waals surface area contributed by atoms with Crippen LogP contribution >= 0.6 is 23.2 Å². The summed E-state index contributed by atoms with van der Waals surface area (Å²) in [5, 5.41) is 1.14. The summed E-state index contributed by atoms with van der Waals surface area (Å²) < 4.78 is 5.08. The van der Waals surface area contributed by atoms with E-state index in [2.05, 4.69) is 6.08 Å². The summed E-state index contributed by atoms with van der Waals surface area (Å²) in [6.45, 7) is 2.01. The van der Waals surface area contributed by atoms with Crippen molar-refractivity contribution in [1.82, 2.24) is 0 Å². The molecule has 0 aliphatic carbocycles. The van der Waals surface area contributed by atoms with Gasteiger partial charge in [0.05, 0.1) is 17.2 Å². The molecule has 0 aliphatic rings. The van der Waals surface area contributed by atoms with E-state index in [1.807, 2.05) is 25.1 Å². The molecular weight excluding hydrogens is 231 g/mol. The van der Waals surface area contributed by atoms with E-state index >= 15 is 0 Å². The summed E-state index contributed by atoms with van der Waals surface area (Å²) in [5.41, 5.74) is 1.13. The van der Waals surface area contributed by atoms with Gasteiger partial charge in [-0.3, -0.25) is 0 Å². The molecule has 1 aromatic rings. The number of aryl methyl sites for hydroxylation is 1. The maximum atomic E-state index is 6.02. The second-order valence-electron chi connectivity index (χ2n) is 3.20. The van der Waals surface area contributed by atoms with Gasteiger partial charge in [-0.1, -0.05) is 35.4 Å². The van der Waals surface area contributed by atoms with E-state index in [1.54, 1.807) is 7.11 Å². The van der Waals surface area contributed by atoms with Crippen molar-refractivity contribution in [2.75, 3.05) is 7.11 Å². The SMILES string of the molecule is C/C=C\CCc1cc(Cl)c(OC)c(Cl)c1. The Morgan fingerprint density at radius 2 is 1.87 bits per heavy atom. The van der Waals surface area contributed by atoms with Crippen LogP contribution in [0.25, 0.3) is 0 Å². The van der Waals surface area contributed by atoms with Crippen LogP contribution in [0.4, 0.5) is 0 Å². The first-order valence-electron chi connectivity index (χ1n) is 4.82. The van der Waals surface area contributed by atoms with Gasteiger partial charge in [-0.05, 0) is 37.5 Å². The Morgan fingerprint density at radius 1 is 1.27 bits per heavy atom. The van der Waals surface area contributed by atoms with Gasteiger partial charge in [-0.25, -0.2) is 0 Å². The molecule has 0 saturated heterocycles. The number of benzene rings is 1. The van der Waals surface area contributed by atoms with E-state index in [0.29, 0.717) is 15.8 Å². The molecule has 3 heteroatoms. The molecule has 0 N–H and O–H groups in total. The number of hydrogen-bond acceptors (Lipinski definition) is 1. The smallest absolute Gasteiger partial charge is 0.156 e. The molecule has 0 spiro atoms. The summed E-state index contributed by atoms with van der Waals surface area (Å²) in [7, 11) is 1.56. The van der Waals surface area contributed by atoms with Gasteiger partial charge in [-0.15, -0.1) is 0 Å². The number of halogens is 2.